The van der Waals surface area contributed by atoms with Gasteiger partial charge in [0.05, 0.1) is 5.71 Å². The molecule has 1 aromatic rings. The van der Waals surface area contributed by atoms with E-state index in [-0.39, 0.29) is 5.91 Å². The van der Waals surface area contributed by atoms with E-state index in [0.29, 0.717) is 19.5 Å². The molecule has 18 heavy (non-hydrogen) atoms. The van der Waals surface area contributed by atoms with Crippen molar-refractivity contribution in [2.24, 2.45) is 10.8 Å². The molecule has 4 heteroatoms. The average Bonchev–Trinajstić information content (AvgIpc) is 2.39. The second-order valence-electron chi connectivity index (χ2n) is 4.57. The third kappa shape index (κ3) is 2.96. The molecule has 2 N–H and O–H groups in total. The molecule has 4 nitrogen and oxygen atoms in total. The van der Waals surface area contributed by atoms with Crippen LogP contribution in [-0.4, -0.2) is 29.7 Å². The smallest absolute Gasteiger partial charge is 0.243 e. The van der Waals surface area contributed by atoms with E-state index in [2.05, 4.69) is 36.3 Å². The number of carbonyl (C=O) groups is 1. The molecule has 0 saturated carbocycles. The first-order valence-corrected chi connectivity index (χ1v) is 6.35. The highest BCUT2D eigenvalue weighted by Crippen LogP contribution is 2.15. The fraction of sp³-hybridized carbons (Fsp3) is 0.429. The first-order valence-electron chi connectivity index (χ1n) is 6.35. The standard InChI is InChI=1S/C14H19N3O/c1-11-3-5-12(6-4-11)13-7-8-14(18)17(16-13)10-2-9-15/h3-6H,2,7-10,15H2,1H3. The van der Waals surface area contributed by atoms with Crippen LogP contribution in [0, 0.1) is 6.92 Å². The van der Waals surface area contributed by atoms with Crippen LogP contribution in [0.2, 0.25) is 0 Å². The van der Waals surface area contributed by atoms with Gasteiger partial charge in [-0.3, -0.25) is 4.79 Å². The molecule has 0 aliphatic carbocycles. The number of hydrazone groups is 1. The van der Waals surface area contributed by atoms with Crippen molar-refractivity contribution >= 4 is 11.6 Å². The molecule has 0 saturated heterocycles. The lowest BCUT2D eigenvalue weighted by Crippen LogP contribution is -2.33. The van der Waals surface area contributed by atoms with E-state index in [9.17, 15) is 4.79 Å². The van der Waals surface area contributed by atoms with Crippen LogP contribution in [0.15, 0.2) is 29.4 Å². The van der Waals surface area contributed by atoms with Crippen molar-refractivity contribution in [2.75, 3.05) is 13.1 Å². The van der Waals surface area contributed by atoms with Crippen molar-refractivity contribution in [1.29, 1.82) is 0 Å². The highest BCUT2D eigenvalue weighted by atomic mass is 16.2. The van der Waals surface area contributed by atoms with E-state index < -0.39 is 0 Å². The largest absolute Gasteiger partial charge is 0.330 e. The molecule has 0 aromatic heterocycles. The summed E-state index contributed by atoms with van der Waals surface area (Å²) in [7, 11) is 0. The molecule has 1 aliphatic heterocycles. The van der Waals surface area contributed by atoms with Gasteiger partial charge in [-0.05, 0) is 25.5 Å². The van der Waals surface area contributed by atoms with Crippen LogP contribution >= 0.6 is 0 Å². The number of hydrogen-bond donors (Lipinski definition) is 1. The maximum absolute atomic E-state index is 11.7. The quantitative estimate of drug-likeness (QED) is 0.877. The Morgan fingerprint density at radius 2 is 2.00 bits per heavy atom. The van der Waals surface area contributed by atoms with Gasteiger partial charge in [0.15, 0.2) is 0 Å². The van der Waals surface area contributed by atoms with Crippen molar-refractivity contribution in [3.8, 4) is 0 Å². The van der Waals surface area contributed by atoms with Crippen LogP contribution in [-0.2, 0) is 4.79 Å². The lowest BCUT2D eigenvalue weighted by Gasteiger charge is -2.23. The van der Waals surface area contributed by atoms with E-state index in [4.69, 9.17) is 5.73 Å². The molecule has 2 rings (SSSR count). The van der Waals surface area contributed by atoms with Crippen molar-refractivity contribution in [3.63, 3.8) is 0 Å². The van der Waals surface area contributed by atoms with Crippen molar-refractivity contribution in [3.05, 3.63) is 35.4 Å². The summed E-state index contributed by atoms with van der Waals surface area (Å²) in [6.45, 7) is 3.26. The van der Waals surface area contributed by atoms with Gasteiger partial charge in [0.2, 0.25) is 5.91 Å². The Labute approximate surface area is 107 Å². The van der Waals surface area contributed by atoms with Gasteiger partial charge in [-0.15, -0.1) is 0 Å². The Morgan fingerprint density at radius 1 is 1.28 bits per heavy atom. The molecule has 0 unspecified atom stereocenters. The maximum atomic E-state index is 11.7. The van der Waals surface area contributed by atoms with E-state index in [1.165, 1.54) is 5.56 Å². The molecular formula is C14H19N3O. The van der Waals surface area contributed by atoms with E-state index >= 15 is 0 Å². The minimum atomic E-state index is 0.0966. The Bertz CT molecular complexity index is 451. The van der Waals surface area contributed by atoms with Gasteiger partial charge in [-0.2, -0.15) is 5.10 Å². The zero-order valence-electron chi connectivity index (χ0n) is 10.7. The topological polar surface area (TPSA) is 58.7 Å². The number of nitrogens with two attached hydrogens (primary N) is 1. The van der Waals surface area contributed by atoms with Gasteiger partial charge in [0.25, 0.3) is 0 Å². The number of nitrogens with zero attached hydrogens (tertiary/aromatic N) is 2. The molecule has 0 fully saturated rings. The molecule has 0 bridgehead atoms. The first-order chi connectivity index (χ1) is 8.70. The normalized spacial score (nSPS) is 15.8. The fourth-order valence-corrected chi connectivity index (χ4v) is 1.97. The van der Waals surface area contributed by atoms with Gasteiger partial charge in [0, 0.05) is 19.4 Å². The number of rotatable bonds is 4. The molecule has 96 valence electrons. The van der Waals surface area contributed by atoms with Gasteiger partial charge >= 0.3 is 0 Å². The maximum Gasteiger partial charge on any atom is 0.243 e. The second-order valence-corrected chi connectivity index (χ2v) is 4.57. The summed E-state index contributed by atoms with van der Waals surface area (Å²) in [5.74, 6) is 0.0966. The predicted octanol–water partition coefficient (Wildman–Crippen LogP) is 1.67. The Balaban J connectivity index is 2.17. The summed E-state index contributed by atoms with van der Waals surface area (Å²) in [5.41, 5.74) is 8.79. The summed E-state index contributed by atoms with van der Waals surface area (Å²) in [6.07, 6.45) is 2.05. The predicted molar refractivity (Wildman–Crippen MR) is 72.3 cm³/mol. The van der Waals surface area contributed by atoms with Crippen LogP contribution in [0.25, 0.3) is 0 Å². The van der Waals surface area contributed by atoms with Crippen molar-refractivity contribution in [2.45, 2.75) is 26.2 Å². The van der Waals surface area contributed by atoms with Crippen LogP contribution < -0.4 is 5.73 Å². The highest BCUT2D eigenvalue weighted by molar-refractivity contribution is 6.04. The summed E-state index contributed by atoms with van der Waals surface area (Å²) in [6, 6.07) is 8.26. The van der Waals surface area contributed by atoms with Gasteiger partial charge in [0.1, 0.15) is 0 Å². The lowest BCUT2D eigenvalue weighted by molar-refractivity contribution is -0.131. The monoisotopic (exact) mass is 245 g/mol. The molecule has 1 aliphatic rings. The third-order valence-corrected chi connectivity index (χ3v) is 3.06. The van der Waals surface area contributed by atoms with E-state index in [1.807, 2.05) is 0 Å². The molecule has 0 spiro atoms. The zero-order chi connectivity index (χ0) is 13.0. The third-order valence-electron chi connectivity index (χ3n) is 3.06. The number of benzene rings is 1. The molecule has 1 amide bonds. The molecular weight excluding hydrogens is 226 g/mol. The molecule has 0 radical (unpaired) electrons. The fourth-order valence-electron chi connectivity index (χ4n) is 1.97. The number of aryl methyl sites for hydroxylation is 1. The molecule has 1 heterocycles. The Morgan fingerprint density at radius 3 is 2.67 bits per heavy atom. The van der Waals surface area contributed by atoms with E-state index in [0.717, 1.165) is 24.1 Å². The minimum Gasteiger partial charge on any atom is -0.330 e. The second kappa shape index (κ2) is 5.78. The van der Waals surface area contributed by atoms with Crippen molar-refractivity contribution in [1.82, 2.24) is 5.01 Å². The average molecular weight is 245 g/mol. The van der Waals surface area contributed by atoms with Crippen LogP contribution in [0.4, 0.5) is 0 Å². The molecule has 0 atom stereocenters. The summed E-state index contributed by atoms with van der Waals surface area (Å²) in [4.78, 5) is 11.7. The summed E-state index contributed by atoms with van der Waals surface area (Å²) >= 11 is 0. The highest BCUT2D eigenvalue weighted by Gasteiger charge is 2.20. The van der Waals surface area contributed by atoms with Crippen molar-refractivity contribution < 1.29 is 4.79 Å². The van der Waals surface area contributed by atoms with E-state index in [1.54, 1.807) is 5.01 Å². The summed E-state index contributed by atoms with van der Waals surface area (Å²) < 4.78 is 0. The lowest BCUT2D eigenvalue weighted by atomic mass is 10.0. The molecule has 1 aromatic carbocycles. The zero-order valence-corrected chi connectivity index (χ0v) is 10.7. The first kappa shape index (κ1) is 12.8. The van der Waals surface area contributed by atoms with Crippen LogP contribution in [0.3, 0.4) is 0 Å². The minimum absolute atomic E-state index is 0.0966. The summed E-state index contributed by atoms with van der Waals surface area (Å²) in [5, 5.41) is 6.01. The SMILES string of the molecule is Cc1ccc(C2=NN(CCCN)C(=O)CC2)cc1. The van der Waals surface area contributed by atoms with Crippen LogP contribution in [0.5, 0.6) is 0 Å². The van der Waals surface area contributed by atoms with Gasteiger partial charge in [-0.1, -0.05) is 29.8 Å². The van der Waals surface area contributed by atoms with Gasteiger partial charge in [-0.25, -0.2) is 5.01 Å². The Kier molecular flexibility index (Phi) is 4.10. The number of carbonyl (C=O) groups excluding carboxylic acids is 1. The number of hydrogen-bond acceptors (Lipinski definition) is 3. The Hall–Kier alpha value is -1.68. The number of amides is 1. The van der Waals surface area contributed by atoms with Gasteiger partial charge < -0.3 is 5.73 Å². The van der Waals surface area contributed by atoms with Crippen LogP contribution in [0.1, 0.15) is 30.4 Å².